The zero-order chi connectivity index (χ0) is 23.2. The van der Waals surface area contributed by atoms with E-state index in [2.05, 4.69) is 56.8 Å². The fourth-order valence-corrected chi connectivity index (χ4v) is 4.70. The lowest BCUT2D eigenvalue weighted by Crippen LogP contribution is -1.99. The molecule has 0 saturated heterocycles. The van der Waals surface area contributed by atoms with Crippen LogP contribution in [0.5, 0.6) is 0 Å². The van der Waals surface area contributed by atoms with E-state index in [4.69, 9.17) is 9.97 Å². The summed E-state index contributed by atoms with van der Waals surface area (Å²) < 4.78 is 2.17. The molecule has 4 heterocycles. The van der Waals surface area contributed by atoms with Gasteiger partial charge in [0.1, 0.15) is 11.5 Å². The first-order valence-corrected chi connectivity index (χ1v) is 11.5. The third kappa shape index (κ3) is 3.25. The summed E-state index contributed by atoms with van der Waals surface area (Å²) in [7, 11) is 0. The summed E-state index contributed by atoms with van der Waals surface area (Å²) in [4.78, 5) is 18.8. The second-order valence-electron chi connectivity index (χ2n) is 8.49. The first kappa shape index (κ1) is 19.6. The van der Waals surface area contributed by atoms with Gasteiger partial charge in [0, 0.05) is 46.9 Å². The molecular formula is C30H19N5. The average Bonchev–Trinajstić information content (AvgIpc) is 3.33. The van der Waals surface area contributed by atoms with Gasteiger partial charge in [-0.3, -0.25) is 14.4 Å². The van der Waals surface area contributed by atoms with Gasteiger partial charge in [0.25, 0.3) is 0 Å². The first-order valence-electron chi connectivity index (χ1n) is 11.5. The molecule has 0 aliphatic carbocycles. The monoisotopic (exact) mass is 449 g/mol. The smallest absolute Gasteiger partial charge is 0.149 e. The van der Waals surface area contributed by atoms with E-state index in [1.807, 2.05) is 60.9 Å². The summed E-state index contributed by atoms with van der Waals surface area (Å²) in [5.74, 6) is 0.850. The van der Waals surface area contributed by atoms with Crippen molar-refractivity contribution in [2.45, 2.75) is 0 Å². The van der Waals surface area contributed by atoms with Crippen molar-refractivity contribution < 1.29 is 0 Å². The maximum absolute atomic E-state index is 5.16. The molecule has 35 heavy (non-hydrogen) atoms. The Hall–Kier alpha value is -4.90. The average molecular weight is 450 g/mol. The molecule has 0 N–H and O–H groups in total. The summed E-state index contributed by atoms with van der Waals surface area (Å²) in [6.07, 6.45) is 7.37. The minimum atomic E-state index is 0.850. The van der Waals surface area contributed by atoms with Crippen LogP contribution in [0.15, 0.2) is 116 Å². The van der Waals surface area contributed by atoms with Crippen LogP contribution in [0.25, 0.3) is 61.2 Å². The predicted molar refractivity (Wildman–Crippen MR) is 140 cm³/mol. The Morgan fingerprint density at radius 3 is 1.83 bits per heavy atom. The number of para-hydroxylation sites is 3. The Bertz CT molecular complexity index is 1780. The van der Waals surface area contributed by atoms with Gasteiger partial charge in [-0.2, -0.15) is 0 Å². The standard InChI is InChI=1S/C30H19N5/c1-2-10-26-25(9-1)30-34-27-11-3-4-12-28(27)35(30)29(33-26)24-16-22(20-7-5-13-31-18-20)15-23(17-24)21-8-6-14-32-19-21/h1-19H. The Morgan fingerprint density at radius 2 is 1.14 bits per heavy atom. The number of hydrogen-bond acceptors (Lipinski definition) is 4. The van der Waals surface area contributed by atoms with Crippen LogP contribution in [0.1, 0.15) is 0 Å². The molecule has 0 saturated carbocycles. The third-order valence-electron chi connectivity index (χ3n) is 6.32. The molecule has 0 bridgehead atoms. The SMILES string of the molecule is c1cncc(-c2cc(-c3cccnc3)cc(-c3nc4ccccc4c4nc5ccccc5n34)c2)c1. The molecule has 3 aromatic carbocycles. The molecular weight excluding hydrogens is 430 g/mol. The van der Waals surface area contributed by atoms with E-state index >= 15 is 0 Å². The van der Waals surface area contributed by atoms with Crippen molar-refractivity contribution in [2.24, 2.45) is 0 Å². The lowest BCUT2D eigenvalue weighted by atomic mass is 9.97. The molecule has 7 rings (SSSR count). The van der Waals surface area contributed by atoms with Crippen LogP contribution in [0.4, 0.5) is 0 Å². The summed E-state index contributed by atoms with van der Waals surface area (Å²) in [5, 5.41) is 1.03. The van der Waals surface area contributed by atoms with Crippen molar-refractivity contribution >= 4 is 27.6 Å². The highest BCUT2D eigenvalue weighted by Crippen LogP contribution is 2.34. The van der Waals surface area contributed by atoms with Crippen LogP contribution in [0.3, 0.4) is 0 Å². The van der Waals surface area contributed by atoms with Crippen molar-refractivity contribution in [3.8, 4) is 33.6 Å². The molecule has 0 spiro atoms. The zero-order valence-corrected chi connectivity index (χ0v) is 18.7. The Labute approximate surface area is 201 Å². The van der Waals surface area contributed by atoms with Gasteiger partial charge in [-0.05, 0) is 65.7 Å². The summed E-state index contributed by atoms with van der Waals surface area (Å²) in [6.45, 7) is 0. The van der Waals surface area contributed by atoms with E-state index in [-0.39, 0.29) is 0 Å². The topological polar surface area (TPSA) is 56.0 Å². The molecule has 7 aromatic rings. The Morgan fingerprint density at radius 1 is 0.514 bits per heavy atom. The third-order valence-corrected chi connectivity index (χ3v) is 6.32. The van der Waals surface area contributed by atoms with Crippen LogP contribution in [-0.2, 0) is 0 Å². The van der Waals surface area contributed by atoms with Crippen LogP contribution >= 0.6 is 0 Å². The van der Waals surface area contributed by atoms with Gasteiger partial charge in [0.05, 0.1) is 16.6 Å². The van der Waals surface area contributed by atoms with Gasteiger partial charge in [-0.15, -0.1) is 0 Å². The Kier molecular flexibility index (Phi) is 4.39. The van der Waals surface area contributed by atoms with Crippen LogP contribution in [0, 0.1) is 0 Å². The summed E-state index contributed by atoms with van der Waals surface area (Å²) in [5.41, 5.74) is 9.04. The summed E-state index contributed by atoms with van der Waals surface area (Å²) >= 11 is 0. The van der Waals surface area contributed by atoms with E-state index < -0.39 is 0 Å². The fourth-order valence-electron chi connectivity index (χ4n) is 4.70. The van der Waals surface area contributed by atoms with Crippen molar-refractivity contribution in [3.05, 3.63) is 116 Å². The predicted octanol–water partition coefficient (Wildman–Crippen LogP) is 6.83. The van der Waals surface area contributed by atoms with Crippen molar-refractivity contribution in [2.75, 3.05) is 0 Å². The molecule has 5 nitrogen and oxygen atoms in total. The molecule has 0 radical (unpaired) electrons. The van der Waals surface area contributed by atoms with Crippen LogP contribution in [0.2, 0.25) is 0 Å². The molecule has 4 aromatic heterocycles. The quantitative estimate of drug-likeness (QED) is 0.297. The van der Waals surface area contributed by atoms with Gasteiger partial charge < -0.3 is 0 Å². The van der Waals surface area contributed by atoms with Gasteiger partial charge in [-0.25, -0.2) is 9.97 Å². The molecule has 5 heteroatoms. The lowest BCUT2D eigenvalue weighted by molar-refractivity contribution is 1.16. The lowest BCUT2D eigenvalue weighted by Gasteiger charge is -2.13. The number of imidazole rings is 1. The van der Waals surface area contributed by atoms with Gasteiger partial charge in [-0.1, -0.05) is 36.4 Å². The van der Waals surface area contributed by atoms with E-state index in [1.54, 1.807) is 12.4 Å². The number of hydrogen-bond donors (Lipinski definition) is 0. The normalized spacial score (nSPS) is 11.4. The van der Waals surface area contributed by atoms with E-state index in [0.29, 0.717) is 0 Å². The number of nitrogens with zero attached hydrogens (tertiary/aromatic N) is 5. The Balaban J connectivity index is 1.60. The van der Waals surface area contributed by atoms with E-state index in [0.717, 1.165) is 61.2 Å². The second kappa shape index (κ2) is 7.85. The minimum absolute atomic E-state index is 0.850. The van der Waals surface area contributed by atoms with Crippen LogP contribution in [-0.4, -0.2) is 24.3 Å². The molecule has 0 unspecified atom stereocenters. The molecule has 0 atom stereocenters. The zero-order valence-electron chi connectivity index (χ0n) is 18.7. The highest BCUT2D eigenvalue weighted by molar-refractivity contribution is 5.98. The number of aromatic nitrogens is 5. The first-order chi connectivity index (χ1) is 17.3. The molecule has 0 amide bonds. The van der Waals surface area contributed by atoms with Crippen molar-refractivity contribution in [1.29, 1.82) is 0 Å². The molecule has 0 aliphatic rings. The maximum atomic E-state index is 5.16. The van der Waals surface area contributed by atoms with Crippen molar-refractivity contribution in [1.82, 2.24) is 24.3 Å². The molecule has 0 aliphatic heterocycles. The minimum Gasteiger partial charge on any atom is -0.276 e. The number of rotatable bonds is 3. The number of benzene rings is 3. The number of fused-ring (bicyclic) bond motifs is 5. The van der Waals surface area contributed by atoms with Gasteiger partial charge in [0.15, 0.2) is 0 Å². The van der Waals surface area contributed by atoms with Crippen molar-refractivity contribution in [3.63, 3.8) is 0 Å². The largest absolute Gasteiger partial charge is 0.276 e. The highest BCUT2D eigenvalue weighted by atomic mass is 15.1. The maximum Gasteiger partial charge on any atom is 0.149 e. The van der Waals surface area contributed by atoms with Gasteiger partial charge in [0.2, 0.25) is 0 Å². The molecule has 0 fully saturated rings. The molecule has 164 valence electrons. The summed E-state index contributed by atoms with van der Waals surface area (Å²) in [6, 6.07) is 31.0. The number of pyridine rings is 2. The highest BCUT2D eigenvalue weighted by Gasteiger charge is 2.17. The van der Waals surface area contributed by atoms with Gasteiger partial charge >= 0.3 is 0 Å². The van der Waals surface area contributed by atoms with E-state index in [9.17, 15) is 0 Å². The fraction of sp³-hybridized carbons (Fsp3) is 0. The van der Waals surface area contributed by atoms with Crippen LogP contribution < -0.4 is 0 Å². The van der Waals surface area contributed by atoms with E-state index in [1.165, 1.54) is 0 Å². The second-order valence-corrected chi connectivity index (χ2v) is 8.49.